The van der Waals surface area contributed by atoms with E-state index in [9.17, 15) is 10.4 Å². The first-order valence-electron chi connectivity index (χ1n) is 9.99. The van der Waals surface area contributed by atoms with Crippen LogP contribution in [0.2, 0.25) is 0 Å². The average molecular weight is 396 g/mol. The van der Waals surface area contributed by atoms with Crippen molar-refractivity contribution in [3.05, 3.63) is 52.6 Å². The number of anilines is 2. The Bertz CT molecular complexity index is 849. The summed E-state index contributed by atoms with van der Waals surface area (Å²) in [6.07, 6.45) is 0.265. The van der Waals surface area contributed by atoms with Gasteiger partial charge >= 0.3 is 0 Å². The fourth-order valence-corrected chi connectivity index (χ4v) is 3.58. The summed E-state index contributed by atoms with van der Waals surface area (Å²) in [6, 6.07) is 12.7. The Morgan fingerprint density at radius 1 is 1.24 bits per heavy atom. The molecule has 0 radical (unpaired) electrons. The second kappa shape index (κ2) is 10.2. The van der Waals surface area contributed by atoms with Crippen molar-refractivity contribution >= 4 is 11.6 Å². The molecule has 0 saturated heterocycles. The van der Waals surface area contributed by atoms with Crippen LogP contribution in [0.15, 0.2) is 30.3 Å². The van der Waals surface area contributed by atoms with Crippen LogP contribution in [0.5, 0.6) is 0 Å². The van der Waals surface area contributed by atoms with E-state index in [1.165, 1.54) is 5.56 Å². The van der Waals surface area contributed by atoms with Gasteiger partial charge in [-0.15, -0.1) is 0 Å². The number of hydrogen-bond donors (Lipinski definition) is 3. The fourth-order valence-electron chi connectivity index (χ4n) is 3.58. The number of hydrogen-bond acceptors (Lipinski definition) is 7. The number of pyridine rings is 1. The normalized spacial score (nSPS) is 14.7. The van der Waals surface area contributed by atoms with Crippen LogP contribution in [-0.2, 0) is 24.2 Å². The van der Waals surface area contributed by atoms with Gasteiger partial charge in [0.05, 0.1) is 18.3 Å². The molecule has 1 aliphatic rings. The highest BCUT2D eigenvalue weighted by Crippen LogP contribution is 2.32. The van der Waals surface area contributed by atoms with Gasteiger partial charge < -0.3 is 20.5 Å². The molecule has 3 N–H and O–H groups in total. The molecule has 1 aromatic carbocycles. The third-order valence-electron chi connectivity index (χ3n) is 5.00. The van der Waals surface area contributed by atoms with Crippen molar-refractivity contribution in [2.24, 2.45) is 0 Å². The molecule has 7 nitrogen and oxygen atoms in total. The molecule has 1 atom stereocenters. The summed E-state index contributed by atoms with van der Waals surface area (Å²) in [5, 5.41) is 25.9. The SMILES string of the molecule is COCCNc1nc(NC[C@@H](C)O)c(C#N)c2c1CN(Cc1ccccc1)CC2. The Balaban J connectivity index is 1.89. The average Bonchev–Trinajstić information content (AvgIpc) is 2.73. The maximum Gasteiger partial charge on any atom is 0.146 e. The number of methoxy groups -OCH3 is 1. The van der Waals surface area contributed by atoms with Crippen LogP contribution in [0, 0.1) is 11.3 Å². The van der Waals surface area contributed by atoms with Gasteiger partial charge in [-0.05, 0) is 24.5 Å². The molecule has 0 unspecified atom stereocenters. The highest BCUT2D eigenvalue weighted by atomic mass is 16.5. The minimum atomic E-state index is -0.523. The molecule has 1 aromatic heterocycles. The third-order valence-corrected chi connectivity index (χ3v) is 5.00. The van der Waals surface area contributed by atoms with E-state index < -0.39 is 6.10 Å². The standard InChI is InChI=1S/C22H29N5O2/c1-16(28)13-25-21-19(12-23)18-8-10-27(14-17-6-4-3-5-7-17)15-20(18)22(26-21)24-9-11-29-2/h3-7,16,28H,8-11,13-15H2,1-2H3,(H2,24,25,26)/t16-/m1/s1. The predicted octanol–water partition coefficient (Wildman–Crippen LogP) is 2.36. The van der Waals surface area contributed by atoms with Gasteiger partial charge in [0.25, 0.3) is 0 Å². The summed E-state index contributed by atoms with van der Waals surface area (Å²) in [4.78, 5) is 7.08. The van der Waals surface area contributed by atoms with Gasteiger partial charge in [0.15, 0.2) is 0 Å². The van der Waals surface area contributed by atoms with Crippen LogP contribution in [0.25, 0.3) is 0 Å². The summed E-state index contributed by atoms with van der Waals surface area (Å²) in [6.45, 7) is 5.74. The molecule has 0 saturated carbocycles. The van der Waals surface area contributed by atoms with Crippen molar-refractivity contribution in [1.82, 2.24) is 9.88 Å². The van der Waals surface area contributed by atoms with Crippen molar-refractivity contribution in [2.45, 2.75) is 32.5 Å². The summed E-state index contributed by atoms with van der Waals surface area (Å²) in [5.41, 5.74) is 3.97. The monoisotopic (exact) mass is 395 g/mol. The number of ether oxygens (including phenoxy) is 1. The van der Waals surface area contributed by atoms with Crippen molar-refractivity contribution in [3.8, 4) is 6.07 Å². The Morgan fingerprint density at radius 3 is 2.72 bits per heavy atom. The smallest absolute Gasteiger partial charge is 0.146 e. The van der Waals surface area contributed by atoms with Gasteiger partial charge in [-0.3, -0.25) is 4.90 Å². The summed E-state index contributed by atoms with van der Waals surface area (Å²) in [5.74, 6) is 1.31. The van der Waals surface area contributed by atoms with Gasteiger partial charge in [0, 0.05) is 45.4 Å². The van der Waals surface area contributed by atoms with E-state index in [0.29, 0.717) is 31.1 Å². The zero-order chi connectivity index (χ0) is 20.6. The molecule has 2 aromatic rings. The lowest BCUT2D eigenvalue weighted by Crippen LogP contribution is -2.32. The molecule has 0 aliphatic carbocycles. The number of nitrogens with zero attached hydrogens (tertiary/aromatic N) is 3. The van der Waals surface area contributed by atoms with Crippen molar-refractivity contribution in [1.29, 1.82) is 5.26 Å². The topological polar surface area (TPSA) is 93.4 Å². The molecule has 0 fully saturated rings. The van der Waals surface area contributed by atoms with Gasteiger partial charge in [0.1, 0.15) is 17.7 Å². The molecule has 154 valence electrons. The molecule has 0 bridgehead atoms. The van der Waals surface area contributed by atoms with Crippen LogP contribution in [0.3, 0.4) is 0 Å². The number of aliphatic hydroxyl groups excluding tert-OH is 1. The second-order valence-electron chi connectivity index (χ2n) is 7.35. The summed E-state index contributed by atoms with van der Waals surface area (Å²) in [7, 11) is 1.67. The molecular formula is C22H29N5O2. The Kier molecular flexibility index (Phi) is 7.42. The molecule has 3 rings (SSSR count). The largest absolute Gasteiger partial charge is 0.392 e. The van der Waals surface area contributed by atoms with E-state index in [2.05, 4.69) is 45.9 Å². The van der Waals surface area contributed by atoms with E-state index in [0.717, 1.165) is 43.0 Å². The number of nitriles is 1. The van der Waals surface area contributed by atoms with E-state index in [1.807, 2.05) is 6.07 Å². The molecule has 1 aliphatic heterocycles. The minimum Gasteiger partial charge on any atom is -0.392 e. The summed E-state index contributed by atoms with van der Waals surface area (Å²) < 4.78 is 5.16. The van der Waals surface area contributed by atoms with Crippen molar-refractivity contribution in [2.75, 3.05) is 44.0 Å². The highest BCUT2D eigenvalue weighted by molar-refractivity contribution is 5.66. The number of fused-ring (bicyclic) bond motifs is 1. The lowest BCUT2D eigenvalue weighted by Gasteiger charge is -2.31. The quantitative estimate of drug-likeness (QED) is 0.561. The number of aromatic nitrogens is 1. The Morgan fingerprint density at radius 2 is 2.03 bits per heavy atom. The summed E-state index contributed by atoms with van der Waals surface area (Å²) >= 11 is 0. The lowest BCUT2D eigenvalue weighted by atomic mass is 9.95. The molecule has 0 spiro atoms. The molecule has 2 heterocycles. The zero-order valence-electron chi connectivity index (χ0n) is 17.1. The first-order valence-corrected chi connectivity index (χ1v) is 9.99. The number of nitrogens with one attached hydrogen (secondary N) is 2. The van der Waals surface area contributed by atoms with Crippen LogP contribution in [0.4, 0.5) is 11.6 Å². The van der Waals surface area contributed by atoms with E-state index in [1.54, 1.807) is 14.0 Å². The first kappa shape index (κ1) is 21.1. The maximum atomic E-state index is 9.80. The van der Waals surface area contributed by atoms with Crippen molar-refractivity contribution in [3.63, 3.8) is 0 Å². The van der Waals surface area contributed by atoms with Crippen LogP contribution < -0.4 is 10.6 Å². The van der Waals surface area contributed by atoms with E-state index in [4.69, 9.17) is 9.72 Å². The second-order valence-corrected chi connectivity index (χ2v) is 7.35. The molecule has 0 amide bonds. The maximum absolute atomic E-state index is 9.80. The number of rotatable bonds is 9. The molecule has 7 heteroatoms. The van der Waals surface area contributed by atoms with Gasteiger partial charge in [0.2, 0.25) is 0 Å². The van der Waals surface area contributed by atoms with E-state index in [-0.39, 0.29) is 0 Å². The first-order chi connectivity index (χ1) is 14.1. The van der Waals surface area contributed by atoms with Crippen LogP contribution >= 0.6 is 0 Å². The Labute approximate surface area is 172 Å². The number of aliphatic hydroxyl groups is 1. The van der Waals surface area contributed by atoms with Crippen molar-refractivity contribution < 1.29 is 9.84 Å². The van der Waals surface area contributed by atoms with Gasteiger partial charge in [-0.25, -0.2) is 4.98 Å². The lowest BCUT2D eigenvalue weighted by molar-refractivity contribution is 0.208. The van der Waals surface area contributed by atoms with Crippen LogP contribution in [0.1, 0.15) is 29.2 Å². The Hall–Kier alpha value is -2.66. The zero-order valence-corrected chi connectivity index (χ0v) is 17.1. The fraction of sp³-hybridized carbons (Fsp3) is 0.455. The minimum absolute atomic E-state index is 0.345. The highest BCUT2D eigenvalue weighted by Gasteiger charge is 2.25. The third kappa shape index (κ3) is 5.45. The van der Waals surface area contributed by atoms with Gasteiger partial charge in [-0.2, -0.15) is 5.26 Å². The number of benzene rings is 1. The van der Waals surface area contributed by atoms with Crippen LogP contribution in [-0.4, -0.2) is 54.4 Å². The predicted molar refractivity (Wildman–Crippen MR) is 114 cm³/mol. The molecular weight excluding hydrogens is 366 g/mol. The van der Waals surface area contributed by atoms with Gasteiger partial charge in [-0.1, -0.05) is 30.3 Å². The molecule has 29 heavy (non-hydrogen) atoms. The van der Waals surface area contributed by atoms with E-state index >= 15 is 0 Å².